The zero-order valence-corrected chi connectivity index (χ0v) is 15.2. The number of rotatable bonds is 2. The van der Waals surface area contributed by atoms with Crippen molar-refractivity contribution in [1.29, 1.82) is 0 Å². The van der Waals surface area contributed by atoms with E-state index in [1.807, 2.05) is 13.8 Å². The molecule has 2 atom stereocenters. The fraction of sp³-hybridized carbons (Fsp3) is 0.353. The molecule has 23 heavy (non-hydrogen) atoms. The molecule has 0 heterocycles. The maximum absolute atomic E-state index is 12.4. The van der Waals surface area contributed by atoms with Crippen molar-refractivity contribution in [2.24, 2.45) is 10.9 Å². The SMILES string of the molecule is CC(C)C1=C(Cl)C(=O)[C@@](C)(Cl)[C@H](Cl)C1=NC(=O)c1ccccc1. The van der Waals surface area contributed by atoms with E-state index in [2.05, 4.69) is 4.99 Å². The minimum absolute atomic E-state index is 0.00554. The molecule has 0 aliphatic heterocycles. The largest absolute Gasteiger partial charge is 0.291 e. The number of halogens is 3. The van der Waals surface area contributed by atoms with Crippen LogP contribution in [-0.4, -0.2) is 27.7 Å². The third-order valence-electron chi connectivity index (χ3n) is 3.69. The number of allylic oxidation sites excluding steroid dienone is 2. The molecule has 0 aromatic heterocycles. The van der Waals surface area contributed by atoms with Crippen LogP contribution in [0.15, 0.2) is 45.9 Å². The smallest absolute Gasteiger partial charge is 0.277 e. The molecule has 2 rings (SSSR count). The maximum Gasteiger partial charge on any atom is 0.277 e. The molecule has 0 spiro atoms. The van der Waals surface area contributed by atoms with Gasteiger partial charge in [-0.2, -0.15) is 0 Å². The molecule has 1 aromatic rings. The van der Waals surface area contributed by atoms with Gasteiger partial charge in [0.05, 0.1) is 10.7 Å². The van der Waals surface area contributed by atoms with Crippen molar-refractivity contribution in [2.45, 2.75) is 31.0 Å². The Morgan fingerprint density at radius 3 is 2.35 bits per heavy atom. The molecule has 0 radical (unpaired) electrons. The number of ketones is 1. The Balaban J connectivity index is 2.59. The quantitative estimate of drug-likeness (QED) is 0.712. The van der Waals surface area contributed by atoms with E-state index < -0.39 is 21.9 Å². The van der Waals surface area contributed by atoms with Gasteiger partial charge in [-0.1, -0.05) is 43.6 Å². The van der Waals surface area contributed by atoms with Crippen molar-refractivity contribution >= 4 is 52.2 Å². The highest BCUT2D eigenvalue weighted by Gasteiger charge is 2.49. The number of nitrogens with zero attached hydrogens (tertiary/aromatic N) is 1. The van der Waals surface area contributed by atoms with Crippen LogP contribution in [0, 0.1) is 5.92 Å². The van der Waals surface area contributed by atoms with Crippen LogP contribution in [0.25, 0.3) is 0 Å². The van der Waals surface area contributed by atoms with Gasteiger partial charge in [0.25, 0.3) is 5.91 Å². The highest BCUT2D eigenvalue weighted by atomic mass is 35.5. The Morgan fingerprint density at radius 1 is 1.26 bits per heavy atom. The van der Waals surface area contributed by atoms with Crippen molar-refractivity contribution in [3.05, 3.63) is 46.5 Å². The van der Waals surface area contributed by atoms with Gasteiger partial charge in [-0.15, -0.1) is 23.2 Å². The average Bonchev–Trinajstić information content (AvgIpc) is 2.51. The molecule has 1 aliphatic rings. The third kappa shape index (κ3) is 3.37. The molecule has 0 saturated heterocycles. The number of aliphatic imine (C=N–C) groups is 1. The monoisotopic (exact) mass is 371 g/mol. The number of carbonyl (C=O) groups excluding carboxylic acids is 2. The lowest BCUT2D eigenvalue weighted by Crippen LogP contribution is -2.49. The summed E-state index contributed by atoms with van der Waals surface area (Å²) in [5, 5.41) is -0.946. The predicted molar refractivity (Wildman–Crippen MR) is 94.8 cm³/mol. The van der Waals surface area contributed by atoms with Gasteiger partial charge < -0.3 is 0 Å². The fourth-order valence-corrected chi connectivity index (χ4v) is 3.40. The molecule has 1 amide bonds. The fourth-order valence-electron chi connectivity index (χ4n) is 2.38. The zero-order chi connectivity index (χ0) is 17.4. The van der Waals surface area contributed by atoms with Gasteiger partial charge in [0.1, 0.15) is 10.3 Å². The van der Waals surface area contributed by atoms with Crippen LogP contribution in [0.3, 0.4) is 0 Å². The van der Waals surface area contributed by atoms with Gasteiger partial charge in [-0.05, 0) is 25.0 Å². The van der Waals surface area contributed by atoms with Gasteiger partial charge in [-0.3, -0.25) is 9.59 Å². The van der Waals surface area contributed by atoms with Crippen molar-refractivity contribution < 1.29 is 9.59 Å². The minimum atomic E-state index is -1.44. The molecular formula is C17H16Cl3NO2. The second-order valence-corrected chi connectivity index (χ2v) is 7.42. The summed E-state index contributed by atoms with van der Waals surface area (Å²) in [6.45, 7) is 5.19. The first-order valence-electron chi connectivity index (χ1n) is 7.13. The Bertz CT molecular complexity index is 706. The second kappa shape index (κ2) is 6.76. The van der Waals surface area contributed by atoms with E-state index in [0.717, 1.165) is 0 Å². The summed E-state index contributed by atoms with van der Waals surface area (Å²) < 4.78 is 0. The van der Waals surface area contributed by atoms with Crippen molar-refractivity contribution in [3.8, 4) is 0 Å². The number of Topliss-reactive ketones (excluding diaryl/α,β-unsaturated/α-hetero) is 1. The van der Waals surface area contributed by atoms with Crippen molar-refractivity contribution in [1.82, 2.24) is 0 Å². The van der Waals surface area contributed by atoms with Gasteiger partial charge >= 0.3 is 0 Å². The molecule has 0 bridgehead atoms. The molecule has 0 saturated carbocycles. The number of alkyl halides is 2. The molecule has 1 aromatic carbocycles. The normalized spacial score (nSPS) is 27.0. The van der Waals surface area contributed by atoms with E-state index in [1.54, 1.807) is 30.3 Å². The molecule has 1 aliphatic carbocycles. The molecule has 6 heteroatoms. The van der Waals surface area contributed by atoms with Gasteiger partial charge in [0, 0.05) is 11.1 Å². The number of amides is 1. The standard InChI is InChI=1S/C17H16Cl3NO2/c1-9(2)11-12(18)15(22)17(3,20)14(19)13(11)21-16(23)10-7-5-4-6-8-10/h4-9,14H,1-3H3/t14-,17+/m1/s1. The summed E-state index contributed by atoms with van der Waals surface area (Å²) in [6.07, 6.45) is 0. The molecular weight excluding hydrogens is 357 g/mol. The van der Waals surface area contributed by atoms with Crippen LogP contribution >= 0.6 is 34.8 Å². The summed E-state index contributed by atoms with van der Waals surface area (Å²) >= 11 is 18.8. The van der Waals surface area contributed by atoms with Crippen molar-refractivity contribution in [3.63, 3.8) is 0 Å². The summed E-state index contributed by atoms with van der Waals surface area (Å²) in [5.41, 5.74) is 1.16. The van der Waals surface area contributed by atoms with E-state index in [-0.39, 0.29) is 16.7 Å². The summed E-state index contributed by atoms with van der Waals surface area (Å²) in [6, 6.07) is 8.61. The maximum atomic E-state index is 12.4. The summed E-state index contributed by atoms with van der Waals surface area (Å²) in [7, 11) is 0. The predicted octanol–water partition coefficient (Wildman–Crippen LogP) is 4.60. The van der Waals surface area contributed by atoms with Crippen LogP contribution in [0.2, 0.25) is 0 Å². The number of hydrogen-bond donors (Lipinski definition) is 0. The number of carbonyl (C=O) groups is 2. The van der Waals surface area contributed by atoms with E-state index >= 15 is 0 Å². The highest BCUT2D eigenvalue weighted by Crippen LogP contribution is 2.40. The van der Waals surface area contributed by atoms with E-state index in [4.69, 9.17) is 34.8 Å². The van der Waals surface area contributed by atoms with Crippen LogP contribution in [-0.2, 0) is 4.79 Å². The Kier molecular flexibility index (Phi) is 5.34. The van der Waals surface area contributed by atoms with E-state index in [9.17, 15) is 9.59 Å². The average molecular weight is 373 g/mol. The first-order chi connectivity index (χ1) is 10.7. The first kappa shape index (κ1) is 18.2. The molecule has 0 fully saturated rings. The van der Waals surface area contributed by atoms with E-state index in [0.29, 0.717) is 11.1 Å². The Morgan fingerprint density at radius 2 is 1.83 bits per heavy atom. The second-order valence-electron chi connectivity index (χ2n) is 5.82. The Hall–Kier alpha value is -1.16. The number of hydrogen-bond acceptors (Lipinski definition) is 2. The van der Waals surface area contributed by atoms with Gasteiger partial charge in [0.15, 0.2) is 5.78 Å². The van der Waals surface area contributed by atoms with Crippen LogP contribution in [0.5, 0.6) is 0 Å². The lowest BCUT2D eigenvalue weighted by atomic mass is 9.82. The lowest BCUT2D eigenvalue weighted by molar-refractivity contribution is -0.117. The summed E-state index contributed by atoms with van der Waals surface area (Å²) in [5.74, 6) is -1.02. The van der Waals surface area contributed by atoms with Gasteiger partial charge in [-0.25, -0.2) is 4.99 Å². The lowest BCUT2D eigenvalue weighted by Gasteiger charge is -2.34. The van der Waals surface area contributed by atoms with E-state index in [1.165, 1.54) is 6.92 Å². The first-order valence-corrected chi connectivity index (χ1v) is 8.33. The topological polar surface area (TPSA) is 46.5 Å². The third-order valence-corrected chi connectivity index (χ3v) is 5.21. The van der Waals surface area contributed by atoms with Crippen LogP contribution in [0.4, 0.5) is 0 Å². The van der Waals surface area contributed by atoms with Crippen LogP contribution < -0.4 is 0 Å². The highest BCUT2D eigenvalue weighted by molar-refractivity contribution is 6.59. The minimum Gasteiger partial charge on any atom is -0.291 e. The molecule has 122 valence electrons. The van der Waals surface area contributed by atoms with Crippen LogP contribution in [0.1, 0.15) is 31.1 Å². The molecule has 0 N–H and O–H groups in total. The molecule has 0 unspecified atom stereocenters. The van der Waals surface area contributed by atoms with Crippen molar-refractivity contribution in [2.75, 3.05) is 0 Å². The van der Waals surface area contributed by atoms with Gasteiger partial charge in [0.2, 0.25) is 0 Å². The zero-order valence-electron chi connectivity index (χ0n) is 12.9. The number of benzene rings is 1. The Labute approximate surface area is 150 Å². The molecule has 3 nitrogen and oxygen atoms in total. The summed E-state index contributed by atoms with van der Waals surface area (Å²) in [4.78, 5) is 27.4.